The van der Waals surface area contributed by atoms with Gasteiger partial charge < -0.3 is 0 Å². The van der Waals surface area contributed by atoms with Crippen molar-refractivity contribution in [2.45, 2.75) is 13.8 Å². The van der Waals surface area contributed by atoms with E-state index in [1.54, 1.807) is 0 Å². The number of hydrogen-bond acceptors (Lipinski definition) is 1. The third kappa shape index (κ3) is 3.32. The molecule has 108 valence electrons. The fourth-order valence-electron chi connectivity index (χ4n) is 2.63. The molecule has 0 bridgehead atoms. The van der Waals surface area contributed by atoms with Crippen LogP contribution in [-0.2, 0) is 0 Å². The summed E-state index contributed by atoms with van der Waals surface area (Å²) in [4.78, 5) is 4.94. The number of rotatable bonds is 3. The fraction of sp³-hybridized carbons (Fsp3) is 0.0952. The summed E-state index contributed by atoms with van der Waals surface area (Å²) >= 11 is 0. The number of nitrogens with zero attached hydrogens (tertiary/aromatic N) is 1. The van der Waals surface area contributed by atoms with Crippen molar-refractivity contribution in [1.29, 1.82) is 0 Å². The van der Waals surface area contributed by atoms with Gasteiger partial charge in [-0.25, -0.2) is 4.99 Å². The molecule has 0 radical (unpaired) electrons. The van der Waals surface area contributed by atoms with E-state index in [1.165, 1.54) is 11.1 Å². The Morgan fingerprint density at radius 1 is 0.636 bits per heavy atom. The second kappa shape index (κ2) is 6.40. The maximum Gasteiger partial charge on any atom is 0.0781 e. The van der Waals surface area contributed by atoms with Crippen molar-refractivity contribution in [2.75, 3.05) is 0 Å². The van der Waals surface area contributed by atoms with E-state index in [2.05, 4.69) is 80.6 Å². The third-order valence-corrected chi connectivity index (χ3v) is 3.54. The lowest BCUT2D eigenvalue weighted by atomic mass is 10.0. The lowest BCUT2D eigenvalue weighted by molar-refractivity contribution is 1.35. The molecule has 0 aromatic heterocycles. The molecule has 0 saturated heterocycles. The zero-order valence-corrected chi connectivity index (χ0v) is 13.0. The SMILES string of the molecule is Cc1cc(C)cc(N=C(c2ccccc2)c2ccccc2)c1. The first-order valence-electron chi connectivity index (χ1n) is 7.50. The first-order valence-corrected chi connectivity index (χ1v) is 7.50. The van der Waals surface area contributed by atoms with Crippen molar-refractivity contribution < 1.29 is 0 Å². The van der Waals surface area contributed by atoms with Gasteiger partial charge in [-0.1, -0.05) is 66.7 Å². The number of aryl methyl sites for hydroxylation is 2. The van der Waals surface area contributed by atoms with Crippen LogP contribution in [0.1, 0.15) is 22.3 Å². The van der Waals surface area contributed by atoms with E-state index in [-0.39, 0.29) is 0 Å². The van der Waals surface area contributed by atoms with Crippen LogP contribution in [0.3, 0.4) is 0 Å². The Morgan fingerprint density at radius 3 is 1.55 bits per heavy atom. The van der Waals surface area contributed by atoms with Crippen LogP contribution in [0.2, 0.25) is 0 Å². The average molecular weight is 285 g/mol. The highest BCUT2D eigenvalue weighted by Gasteiger charge is 2.07. The largest absolute Gasteiger partial charge is 0.248 e. The molecule has 0 fully saturated rings. The van der Waals surface area contributed by atoms with E-state index in [1.807, 2.05) is 12.1 Å². The zero-order chi connectivity index (χ0) is 15.4. The molecular weight excluding hydrogens is 266 g/mol. The number of aliphatic imine (C=N–C) groups is 1. The summed E-state index contributed by atoms with van der Waals surface area (Å²) in [5.41, 5.74) is 6.74. The summed E-state index contributed by atoms with van der Waals surface area (Å²) in [6.07, 6.45) is 0. The molecule has 0 atom stereocenters. The van der Waals surface area contributed by atoms with Gasteiger partial charge in [0.2, 0.25) is 0 Å². The Balaban J connectivity index is 2.15. The minimum atomic E-state index is 1.00. The lowest BCUT2D eigenvalue weighted by Crippen LogP contribution is -2.02. The van der Waals surface area contributed by atoms with Gasteiger partial charge >= 0.3 is 0 Å². The van der Waals surface area contributed by atoms with Crippen LogP contribution in [0.15, 0.2) is 83.9 Å². The molecular formula is C21H19N. The highest BCUT2D eigenvalue weighted by atomic mass is 14.7. The molecule has 3 aromatic carbocycles. The second-order valence-corrected chi connectivity index (χ2v) is 5.54. The third-order valence-electron chi connectivity index (χ3n) is 3.54. The smallest absolute Gasteiger partial charge is 0.0781 e. The molecule has 0 aliphatic rings. The Labute approximate surface area is 132 Å². The summed E-state index contributed by atoms with van der Waals surface area (Å²) in [6.45, 7) is 4.22. The van der Waals surface area contributed by atoms with Crippen LogP contribution < -0.4 is 0 Å². The molecule has 0 aliphatic heterocycles. The lowest BCUT2D eigenvalue weighted by Gasteiger charge is -2.08. The van der Waals surface area contributed by atoms with Crippen LogP contribution in [0.25, 0.3) is 0 Å². The maximum absolute atomic E-state index is 4.94. The summed E-state index contributed by atoms with van der Waals surface area (Å²) in [6, 6.07) is 27.1. The minimum absolute atomic E-state index is 1.00. The van der Waals surface area contributed by atoms with Crippen molar-refractivity contribution >= 4 is 11.4 Å². The molecule has 0 spiro atoms. The Hall–Kier alpha value is -2.67. The molecule has 3 aromatic rings. The van der Waals surface area contributed by atoms with Crippen LogP contribution >= 0.6 is 0 Å². The summed E-state index contributed by atoms with van der Waals surface area (Å²) in [7, 11) is 0. The van der Waals surface area contributed by atoms with Crippen molar-refractivity contribution in [3.63, 3.8) is 0 Å². The monoisotopic (exact) mass is 285 g/mol. The van der Waals surface area contributed by atoms with Gasteiger partial charge in [0.15, 0.2) is 0 Å². The highest BCUT2D eigenvalue weighted by molar-refractivity contribution is 6.13. The van der Waals surface area contributed by atoms with Crippen LogP contribution in [0, 0.1) is 13.8 Å². The molecule has 22 heavy (non-hydrogen) atoms. The predicted molar refractivity (Wildman–Crippen MR) is 94.1 cm³/mol. The van der Waals surface area contributed by atoms with Crippen molar-refractivity contribution in [3.8, 4) is 0 Å². The topological polar surface area (TPSA) is 12.4 Å². The molecule has 0 saturated carbocycles. The van der Waals surface area contributed by atoms with Gasteiger partial charge in [-0.15, -0.1) is 0 Å². The van der Waals surface area contributed by atoms with E-state index >= 15 is 0 Å². The molecule has 0 heterocycles. The van der Waals surface area contributed by atoms with Crippen LogP contribution in [-0.4, -0.2) is 5.71 Å². The van der Waals surface area contributed by atoms with Crippen LogP contribution in [0.5, 0.6) is 0 Å². The molecule has 1 nitrogen and oxygen atoms in total. The van der Waals surface area contributed by atoms with Gasteiger partial charge in [-0.3, -0.25) is 0 Å². The minimum Gasteiger partial charge on any atom is -0.248 e. The summed E-state index contributed by atoms with van der Waals surface area (Å²) < 4.78 is 0. The van der Waals surface area contributed by atoms with E-state index in [4.69, 9.17) is 4.99 Å². The second-order valence-electron chi connectivity index (χ2n) is 5.54. The molecule has 3 rings (SSSR count). The maximum atomic E-state index is 4.94. The van der Waals surface area contributed by atoms with Gasteiger partial charge in [0.1, 0.15) is 0 Å². The molecule has 0 amide bonds. The van der Waals surface area contributed by atoms with E-state index in [9.17, 15) is 0 Å². The van der Waals surface area contributed by atoms with E-state index in [0.29, 0.717) is 0 Å². The highest BCUT2D eigenvalue weighted by Crippen LogP contribution is 2.21. The molecule has 0 unspecified atom stereocenters. The van der Waals surface area contributed by atoms with Gasteiger partial charge in [0.05, 0.1) is 11.4 Å². The fourth-order valence-corrected chi connectivity index (χ4v) is 2.63. The normalized spacial score (nSPS) is 10.3. The van der Waals surface area contributed by atoms with Crippen molar-refractivity contribution in [2.24, 2.45) is 4.99 Å². The van der Waals surface area contributed by atoms with Crippen molar-refractivity contribution in [1.82, 2.24) is 0 Å². The van der Waals surface area contributed by atoms with Gasteiger partial charge in [-0.2, -0.15) is 0 Å². The van der Waals surface area contributed by atoms with E-state index in [0.717, 1.165) is 22.5 Å². The first-order chi connectivity index (χ1) is 10.7. The van der Waals surface area contributed by atoms with Gasteiger partial charge in [0, 0.05) is 11.1 Å². The molecule has 1 heteroatoms. The standard InChI is InChI=1S/C21H19N/c1-16-13-17(2)15-20(14-16)22-21(18-9-5-3-6-10-18)19-11-7-4-8-12-19/h3-15H,1-2H3. The Morgan fingerprint density at radius 2 is 1.09 bits per heavy atom. The Kier molecular flexibility index (Phi) is 4.15. The average Bonchev–Trinajstić information content (AvgIpc) is 2.53. The molecule has 0 N–H and O–H groups in total. The predicted octanol–water partition coefficient (Wildman–Crippen LogP) is 5.47. The Bertz CT molecular complexity index is 725. The quantitative estimate of drug-likeness (QED) is 0.566. The number of hydrogen-bond donors (Lipinski definition) is 0. The van der Waals surface area contributed by atoms with Crippen molar-refractivity contribution in [3.05, 3.63) is 101 Å². The van der Waals surface area contributed by atoms with Crippen LogP contribution in [0.4, 0.5) is 5.69 Å². The zero-order valence-electron chi connectivity index (χ0n) is 13.0. The van der Waals surface area contributed by atoms with E-state index < -0.39 is 0 Å². The summed E-state index contributed by atoms with van der Waals surface area (Å²) in [5.74, 6) is 0. The first kappa shape index (κ1) is 14.3. The summed E-state index contributed by atoms with van der Waals surface area (Å²) in [5, 5.41) is 0. The number of benzene rings is 3. The van der Waals surface area contributed by atoms with Gasteiger partial charge in [0.25, 0.3) is 0 Å². The van der Waals surface area contributed by atoms with Gasteiger partial charge in [-0.05, 0) is 37.1 Å². The molecule has 0 aliphatic carbocycles.